The Morgan fingerprint density at radius 1 is 1.12 bits per heavy atom. The van der Waals surface area contributed by atoms with Crippen LogP contribution in [-0.2, 0) is 11.6 Å². The average Bonchev–Trinajstić information content (AvgIpc) is 3.36. The van der Waals surface area contributed by atoms with E-state index in [1.54, 1.807) is 0 Å². The van der Waals surface area contributed by atoms with Crippen molar-refractivity contribution in [3.8, 4) is 0 Å². The van der Waals surface area contributed by atoms with Crippen LogP contribution in [0.3, 0.4) is 0 Å². The number of urea groups is 1. The Hall–Kier alpha value is -2.21. The van der Waals surface area contributed by atoms with Crippen molar-refractivity contribution in [1.29, 1.82) is 0 Å². The molecular formula is C18H16ClF3N2O. The van der Waals surface area contributed by atoms with E-state index in [9.17, 15) is 18.0 Å². The van der Waals surface area contributed by atoms with Crippen molar-refractivity contribution >= 4 is 23.3 Å². The smallest absolute Gasteiger partial charge is 0.337 e. The van der Waals surface area contributed by atoms with Crippen molar-refractivity contribution in [2.45, 2.75) is 24.4 Å². The lowest BCUT2D eigenvalue weighted by Gasteiger charge is -2.17. The second-order valence-corrected chi connectivity index (χ2v) is 6.55. The predicted octanol–water partition coefficient (Wildman–Crippen LogP) is 5.21. The minimum atomic E-state index is -4.50. The normalized spacial score (nSPS) is 15.5. The fraction of sp³-hybridized carbons (Fsp3) is 0.278. The summed E-state index contributed by atoms with van der Waals surface area (Å²) in [6, 6.07) is 12.1. The third-order valence-electron chi connectivity index (χ3n) is 4.37. The van der Waals surface area contributed by atoms with E-state index < -0.39 is 17.8 Å². The maximum Gasteiger partial charge on any atom is 0.416 e. The van der Waals surface area contributed by atoms with Crippen LogP contribution < -0.4 is 10.6 Å². The van der Waals surface area contributed by atoms with Gasteiger partial charge in [-0.2, -0.15) is 13.2 Å². The number of carbonyl (C=O) groups excluding carboxylic acids is 1. The van der Waals surface area contributed by atoms with Crippen LogP contribution in [0.2, 0.25) is 5.02 Å². The monoisotopic (exact) mass is 368 g/mol. The Labute approximate surface area is 148 Å². The van der Waals surface area contributed by atoms with Crippen molar-refractivity contribution in [2.24, 2.45) is 0 Å². The van der Waals surface area contributed by atoms with Crippen molar-refractivity contribution in [1.82, 2.24) is 5.32 Å². The number of hydrogen-bond donors (Lipinski definition) is 2. The van der Waals surface area contributed by atoms with E-state index in [4.69, 9.17) is 11.6 Å². The van der Waals surface area contributed by atoms with Crippen molar-refractivity contribution < 1.29 is 18.0 Å². The highest BCUT2D eigenvalue weighted by atomic mass is 35.5. The van der Waals surface area contributed by atoms with Crippen LogP contribution in [0.15, 0.2) is 48.5 Å². The Morgan fingerprint density at radius 3 is 2.40 bits per heavy atom. The molecule has 3 rings (SSSR count). The molecule has 1 fully saturated rings. The molecule has 1 aliphatic rings. The van der Waals surface area contributed by atoms with Crippen LogP contribution in [0.25, 0.3) is 0 Å². The topological polar surface area (TPSA) is 41.1 Å². The quantitative estimate of drug-likeness (QED) is 0.764. The summed E-state index contributed by atoms with van der Waals surface area (Å²) in [7, 11) is 0. The molecule has 0 aliphatic heterocycles. The molecule has 1 aliphatic carbocycles. The van der Waals surface area contributed by atoms with E-state index in [1.807, 2.05) is 30.3 Å². The van der Waals surface area contributed by atoms with Gasteiger partial charge in [0.05, 0.1) is 16.3 Å². The number of amides is 2. The molecule has 2 amide bonds. The van der Waals surface area contributed by atoms with Crippen molar-refractivity contribution in [3.05, 3.63) is 64.7 Å². The zero-order valence-corrected chi connectivity index (χ0v) is 13.9. The number of anilines is 1. The number of alkyl halides is 3. The van der Waals surface area contributed by atoms with Gasteiger partial charge in [0.15, 0.2) is 0 Å². The zero-order chi connectivity index (χ0) is 18.1. The number of benzene rings is 2. The van der Waals surface area contributed by atoms with Crippen LogP contribution in [0.1, 0.15) is 24.0 Å². The second-order valence-electron chi connectivity index (χ2n) is 6.15. The predicted molar refractivity (Wildman–Crippen MR) is 90.8 cm³/mol. The summed E-state index contributed by atoms with van der Waals surface area (Å²) in [6.07, 6.45) is -2.58. The van der Waals surface area contributed by atoms with Gasteiger partial charge in [0.25, 0.3) is 0 Å². The van der Waals surface area contributed by atoms with Crippen LogP contribution in [0.4, 0.5) is 23.7 Å². The summed E-state index contributed by atoms with van der Waals surface area (Å²) >= 11 is 5.88. The largest absolute Gasteiger partial charge is 0.416 e. The van der Waals surface area contributed by atoms with Crippen LogP contribution >= 0.6 is 11.6 Å². The van der Waals surface area contributed by atoms with E-state index in [0.717, 1.165) is 36.6 Å². The van der Waals surface area contributed by atoms with E-state index in [1.165, 1.54) is 0 Å². The molecular weight excluding hydrogens is 353 g/mol. The van der Waals surface area contributed by atoms with Gasteiger partial charge in [0.2, 0.25) is 0 Å². The minimum Gasteiger partial charge on any atom is -0.337 e. The molecule has 0 radical (unpaired) electrons. The molecule has 0 atom stereocenters. The molecule has 2 aromatic rings. The first kappa shape index (κ1) is 17.6. The molecule has 1 saturated carbocycles. The molecule has 0 heterocycles. The van der Waals surface area contributed by atoms with Gasteiger partial charge in [-0.3, -0.25) is 0 Å². The Balaban J connectivity index is 1.64. The molecule has 132 valence electrons. The van der Waals surface area contributed by atoms with Crippen LogP contribution in [0.5, 0.6) is 0 Å². The molecule has 2 aromatic carbocycles. The summed E-state index contributed by atoms with van der Waals surface area (Å²) in [6.45, 7) is 0.416. The third-order valence-corrected chi connectivity index (χ3v) is 4.70. The first-order chi connectivity index (χ1) is 11.8. The van der Waals surface area contributed by atoms with Crippen molar-refractivity contribution in [2.75, 3.05) is 11.9 Å². The second kappa shape index (κ2) is 6.59. The molecule has 0 unspecified atom stereocenters. The van der Waals surface area contributed by atoms with E-state index in [0.29, 0.717) is 6.54 Å². The molecule has 0 aromatic heterocycles. The summed E-state index contributed by atoms with van der Waals surface area (Å²) in [5.74, 6) is 0. The summed E-state index contributed by atoms with van der Waals surface area (Å²) in [5.41, 5.74) is 0.122. The van der Waals surface area contributed by atoms with Gasteiger partial charge < -0.3 is 10.6 Å². The summed E-state index contributed by atoms with van der Waals surface area (Å²) in [5, 5.41) is 5.17. The molecule has 0 saturated heterocycles. The highest BCUT2D eigenvalue weighted by Gasteiger charge is 2.44. The number of halogens is 4. The molecule has 0 bridgehead atoms. The lowest BCUT2D eigenvalue weighted by atomic mass is 9.96. The molecule has 2 N–H and O–H groups in total. The van der Waals surface area contributed by atoms with Gasteiger partial charge in [-0.15, -0.1) is 0 Å². The third kappa shape index (κ3) is 4.07. The maximum atomic E-state index is 12.8. The van der Waals surface area contributed by atoms with Crippen LogP contribution in [0, 0.1) is 0 Å². The highest BCUT2D eigenvalue weighted by Crippen LogP contribution is 2.47. The maximum absolute atomic E-state index is 12.8. The number of nitrogens with one attached hydrogen (secondary N) is 2. The standard InChI is InChI=1S/C18H16ClF3N2O/c19-14-7-6-13(18(20,21)22)10-15(14)24-16(25)23-11-17(8-9-17)12-4-2-1-3-5-12/h1-7,10H,8-9,11H2,(H2,23,24,25). The van der Waals surface area contributed by atoms with Gasteiger partial charge in [-0.05, 0) is 36.6 Å². The van der Waals surface area contributed by atoms with Gasteiger partial charge in [-0.25, -0.2) is 4.79 Å². The Morgan fingerprint density at radius 2 is 1.80 bits per heavy atom. The fourth-order valence-corrected chi connectivity index (χ4v) is 2.89. The molecule has 0 spiro atoms. The number of carbonyl (C=O) groups is 1. The van der Waals surface area contributed by atoms with Crippen molar-refractivity contribution in [3.63, 3.8) is 0 Å². The minimum absolute atomic E-state index is 0.0485. The lowest BCUT2D eigenvalue weighted by molar-refractivity contribution is -0.137. The van der Waals surface area contributed by atoms with Gasteiger partial charge in [-0.1, -0.05) is 41.9 Å². The SMILES string of the molecule is O=C(NCC1(c2ccccc2)CC1)Nc1cc(C(F)(F)F)ccc1Cl. The van der Waals surface area contributed by atoms with Gasteiger partial charge >= 0.3 is 12.2 Å². The fourth-order valence-electron chi connectivity index (χ4n) is 2.72. The Bertz CT molecular complexity index is 774. The first-order valence-electron chi connectivity index (χ1n) is 7.77. The van der Waals surface area contributed by atoms with Crippen LogP contribution in [-0.4, -0.2) is 12.6 Å². The average molecular weight is 369 g/mol. The molecule has 25 heavy (non-hydrogen) atoms. The lowest BCUT2D eigenvalue weighted by Crippen LogP contribution is -2.35. The van der Waals surface area contributed by atoms with E-state index in [-0.39, 0.29) is 16.1 Å². The Kier molecular flexibility index (Phi) is 4.64. The number of rotatable bonds is 4. The summed E-state index contributed by atoms with van der Waals surface area (Å²) in [4.78, 5) is 12.1. The van der Waals surface area contributed by atoms with E-state index >= 15 is 0 Å². The highest BCUT2D eigenvalue weighted by molar-refractivity contribution is 6.33. The molecule has 3 nitrogen and oxygen atoms in total. The zero-order valence-electron chi connectivity index (χ0n) is 13.2. The first-order valence-corrected chi connectivity index (χ1v) is 8.15. The van der Waals surface area contributed by atoms with Gasteiger partial charge in [0.1, 0.15) is 0 Å². The van der Waals surface area contributed by atoms with E-state index in [2.05, 4.69) is 10.6 Å². The van der Waals surface area contributed by atoms with Gasteiger partial charge in [0, 0.05) is 12.0 Å². The molecule has 7 heteroatoms. The summed E-state index contributed by atoms with van der Waals surface area (Å²) < 4.78 is 38.3. The number of hydrogen-bond acceptors (Lipinski definition) is 1.